The molecule has 0 aliphatic heterocycles. The number of aromatic nitrogens is 1. The predicted molar refractivity (Wildman–Crippen MR) is 78.7 cm³/mol. The first-order chi connectivity index (χ1) is 9.24. The molecular weight excluding hydrogens is 240 g/mol. The molecule has 0 unspecified atom stereocenters. The fourth-order valence-corrected chi connectivity index (χ4v) is 2.29. The van der Waals surface area contributed by atoms with Gasteiger partial charge in [-0.3, -0.25) is 4.90 Å². The largest absolute Gasteiger partial charge is 0.383 e. The third-order valence-corrected chi connectivity index (χ3v) is 3.40. The number of rotatable bonds is 9. The highest BCUT2D eigenvalue weighted by Gasteiger charge is 2.15. The van der Waals surface area contributed by atoms with E-state index in [4.69, 9.17) is 10.6 Å². The number of hydrogen-bond donors (Lipinski definition) is 2. The summed E-state index contributed by atoms with van der Waals surface area (Å²) in [5, 5.41) is 0. The van der Waals surface area contributed by atoms with Crippen molar-refractivity contribution in [2.75, 3.05) is 25.7 Å². The van der Waals surface area contributed by atoms with E-state index in [1.807, 2.05) is 12.1 Å². The molecule has 1 aromatic heterocycles. The Morgan fingerprint density at radius 3 is 2.74 bits per heavy atom. The summed E-state index contributed by atoms with van der Waals surface area (Å²) < 4.78 is 5.21. The van der Waals surface area contributed by atoms with Crippen molar-refractivity contribution in [3.05, 3.63) is 23.9 Å². The topological polar surface area (TPSA) is 63.4 Å². The van der Waals surface area contributed by atoms with Crippen LogP contribution in [-0.2, 0) is 11.3 Å². The van der Waals surface area contributed by atoms with Gasteiger partial charge in [0.15, 0.2) is 0 Å². The van der Waals surface area contributed by atoms with Gasteiger partial charge in [-0.05, 0) is 30.5 Å². The van der Waals surface area contributed by atoms with Gasteiger partial charge in [0, 0.05) is 32.4 Å². The maximum Gasteiger partial charge on any atom is 0.140 e. The zero-order valence-corrected chi connectivity index (χ0v) is 12.2. The number of nitrogens with one attached hydrogen (secondary N) is 1. The van der Waals surface area contributed by atoms with E-state index >= 15 is 0 Å². The van der Waals surface area contributed by atoms with Gasteiger partial charge in [0.2, 0.25) is 0 Å². The third kappa shape index (κ3) is 5.14. The van der Waals surface area contributed by atoms with Crippen molar-refractivity contribution in [2.24, 2.45) is 5.84 Å². The van der Waals surface area contributed by atoms with E-state index in [-0.39, 0.29) is 0 Å². The van der Waals surface area contributed by atoms with E-state index in [1.54, 1.807) is 13.3 Å². The van der Waals surface area contributed by atoms with Crippen LogP contribution in [0, 0.1) is 0 Å². The number of nitrogens with two attached hydrogens (primary N) is 1. The number of anilines is 1. The molecule has 5 heteroatoms. The summed E-state index contributed by atoms with van der Waals surface area (Å²) >= 11 is 0. The van der Waals surface area contributed by atoms with E-state index in [2.05, 4.69) is 29.2 Å². The molecule has 0 aromatic carbocycles. The maximum atomic E-state index is 5.40. The molecule has 1 heterocycles. The van der Waals surface area contributed by atoms with Crippen LogP contribution < -0.4 is 11.3 Å². The molecule has 3 N–H and O–H groups in total. The predicted octanol–water partition coefficient (Wildman–Crippen LogP) is 2.00. The zero-order chi connectivity index (χ0) is 14.1. The number of hydrogen-bond acceptors (Lipinski definition) is 5. The summed E-state index contributed by atoms with van der Waals surface area (Å²) in [6.45, 7) is 7.05. The lowest BCUT2D eigenvalue weighted by Crippen LogP contribution is -2.36. The van der Waals surface area contributed by atoms with Crippen LogP contribution in [0.2, 0.25) is 0 Å². The average molecular weight is 266 g/mol. The molecule has 0 amide bonds. The van der Waals surface area contributed by atoms with Crippen molar-refractivity contribution in [2.45, 2.75) is 39.3 Å². The number of pyridine rings is 1. The molecule has 0 saturated carbocycles. The second-order valence-electron chi connectivity index (χ2n) is 4.63. The highest BCUT2D eigenvalue weighted by Crippen LogP contribution is 2.14. The first kappa shape index (κ1) is 15.9. The van der Waals surface area contributed by atoms with Gasteiger partial charge >= 0.3 is 0 Å². The Morgan fingerprint density at radius 1 is 1.42 bits per heavy atom. The van der Waals surface area contributed by atoms with E-state index < -0.39 is 0 Å². The smallest absolute Gasteiger partial charge is 0.140 e. The van der Waals surface area contributed by atoms with Crippen molar-refractivity contribution in [1.82, 2.24) is 9.88 Å². The van der Waals surface area contributed by atoms with Gasteiger partial charge in [-0.2, -0.15) is 0 Å². The second-order valence-corrected chi connectivity index (χ2v) is 4.63. The highest BCUT2D eigenvalue weighted by molar-refractivity contribution is 5.35. The summed E-state index contributed by atoms with van der Waals surface area (Å²) in [5.74, 6) is 6.10. The van der Waals surface area contributed by atoms with Gasteiger partial charge in [-0.15, -0.1) is 0 Å². The molecule has 19 heavy (non-hydrogen) atoms. The van der Waals surface area contributed by atoms with Crippen LogP contribution >= 0.6 is 0 Å². The van der Waals surface area contributed by atoms with Crippen LogP contribution in [0.1, 0.15) is 32.3 Å². The lowest BCUT2D eigenvalue weighted by Gasteiger charge is -2.30. The Labute approximate surface area is 116 Å². The van der Waals surface area contributed by atoms with Crippen LogP contribution in [0.4, 0.5) is 5.82 Å². The fourth-order valence-electron chi connectivity index (χ4n) is 2.29. The number of nitrogens with zero attached hydrogens (tertiary/aromatic N) is 2. The standard InChI is InChI=1S/C14H26N4O/c1-4-13(5-2)18(8-9-19-3)11-12-6-7-16-14(10-12)17-15/h6-7,10,13H,4-5,8-9,11,15H2,1-3H3,(H,16,17). The quantitative estimate of drug-likeness (QED) is 0.529. The monoisotopic (exact) mass is 266 g/mol. The first-order valence-corrected chi connectivity index (χ1v) is 6.89. The minimum absolute atomic E-state index is 0.581. The van der Waals surface area contributed by atoms with E-state index in [1.165, 1.54) is 5.56 Å². The molecule has 5 nitrogen and oxygen atoms in total. The Morgan fingerprint density at radius 2 is 2.16 bits per heavy atom. The molecule has 1 aromatic rings. The van der Waals surface area contributed by atoms with Gasteiger partial charge in [-0.1, -0.05) is 13.8 Å². The highest BCUT2D eigenvalue weighted by atomic mass is 16.5. The number of ether oxygens (including phenoxy) is 1. The van der Waals surface area contributed by atoms with Crippen LogP contribution in [0.5, 0.6) is 0 Å². The molecule has 0 fully saturated rings. The van der Waals surface area contributed by atoms with E-state index in [0.29, 0.717) is 11.9 Å². The summed E-state index contributed by atoms with van der Waals surface area (Å²) in [5.41, 5.74) is 3.80. The molecule has 108 valence electrons. The van der Waals surface area contributed by atoms with Crippen LogP contribution in [-0.4, -0.2) is 36.2 Å². The molecule has 1 rings (SSSR count). The van der Waals surface area contributed by atoms with Crippen molar-refractivity contribution in [3.63, 3.8) is 0 Å². The Kier molecular flexibility index (Phi) is 7.40. The normalized spacial score (nSPS) is 11.3. The van der Waals surface area contributed by atoms with Gasteiger partial charge < -0.3 is 10.2 Å². The summed E-state index contributed by atoms with van der Waals surface area (Å²) in [6, 6.07) is 4.60. The molecule has 0 saturated heterocycles. The molecule has 0 aliphatic rings. The summed E-state index contributed by atoms with van der Waals surface area (Å²) in [4.78, 5) is 6.59. The Bertz CT molecular complexity index is 355. The molecular formula is C14H26N4O. The van der Waals surface area contributed by atoms with Crippen molar-refractivity contribution in [1.29, 1.82) is 0 Å². The lowest BCUT2D eigenvalue weighted by molar-refractivity contribution is 0.110. The van der Waals surface area contributed by atoms with Crippen LogP contribution in [0.15, 0.2) is 18.3 Å². The molecule has 0 bridgehead atoms. The minimum Gasteiger partial charge on any atom is -0.383 e. The number of methoxy groups -OCH3 is 1. The van der Waals surface area contributed by atoms with Crippen LogP contribution in [0.3, 0.4) is 0 Å². The maximum absolute atomic E-state index is 5.40. The van der Waals surface area contributed by atoms with Gasteiger partial charge in [0.05, 0.1) is 6.61 Å². The summed E-state index contributed by atoms with van der Waals surface area (Å²) in [6.07, 6.45) is 4.08. The second kappa shape index (κ2) is 8.85. The molecule has 0 spiro atoms. The lowest BCUT2D eigenvalue weighted by atomic mass is 10.1. The molecule has 0 aliphatic carbocycles. The van der Waals surface area contributed by atoms with Gasteiger partial charge in [-0.25, -0.2) is 10.8 Å². The summed E-state index contributed by atoms with van der Waals surface area (Å²) in [7, 11) is 1.74. The van der Waals surface area contributed by atoms with E-state index in [9.17, 15) is 0 Å². The third-order valence-electron chi connectivity index (χ3n) is 3.40. The SMILES string of the molecule is CCC(CC)N(CCOC)Cc1ccnc(NN)c1. The number of nitrogen functional groups attached to an aromatic ring is 1. The molecule has 0 atom stereocenters. The Hall–Kier alpha value is -1.17. The van der Waals surface area contributed by atoms with E-state index in [0.717, 1.165) is 32.5 Å². The van der Waals surface area contributed by atoms with Crippen molar-refractivity contribution < 1.29 is 4.74 Å². The van der Waals surface area contributed by atoms with Crippen molar-refractivity contribution >= 4 is 5.82 Å². The average Bonchev–Trinajstić information content (AvgIpc) is 2.46. The Balaban J connectivity index is 2.74. The van der Waals surface area contributed by atoms with Gasteiger partial charge in [0.1, 0.15) is 5.82 Å². The molecule has 0 radical (unpaired) electrons. The minimum atomic E-state index is 0.581. The van der Waals surface area contributed by atoms with Crippen molar-refractivity contribution in [3.8, 4) is 0 Å². The fraction of sp³-hybridized carbons (Fsp3) is 0.643. The van der Waals surface area contributed by atoms with Gasteiger partial charge in [0.25, 0.3) is 0 Å². The number of hydrazine groups is 1. The van der Waals surface area contributed by atoms with Crippen LogP contribution in [0.25, 0.3) is 0 Å². The zero-order valence-electron chi connectivity index (χ0n) is 12.2. The first-order valence-electron chi connectivity index (χ1n) is 6.89.